The second-order valence-electron chi connectivity index (χ2n) is 7.31. The molecular formula is C21H31N3O5. The summed E-state index contributed by atoms with van der Waals surface area (Å²) < 4.78 is 16.2. The average molecular weight is 405 g/mol. The van der Waals surface area contributed by atoms with Crippen molar-refractivity contribution in [2.75, 3.05) is 59.7 Å². The van der Waals surface area contributed by atoms with Crippen LogP contribution in [0.15, 0.2) is 24.3 Å². The molecule has 0 aromatic heterocycles. The third-order valence-electron chi connectivity index (χ3n) is 5.28. The molecule has 29 heavy (non-hydrogen) atoms. The predicted molar refractivity (Wildman–Crippen MR) is 108 cm³/mol. The van der Waals surface area contributed by atoms with Crippen molar-refractivity contribution < 1.29 is 23.8 Å². The van der Waals surface area contributed by atoms with Gasteiger partial charge in [-0.05, 0) is 43.5 Å². The molecule has 0 radical (unpaired) electrons. The Hall–Kier alpha value is -2.32. The van der Waals surface area contributed by atoms with Crippen molar-refractivity contribution >= 4 is 11.9 Å². The summed E-state index contributed by atoms with van der Waals surface area (Å²) >= 11 is 0. The molecule has 1 atom stereocenters. The molecule has 160 valence electrons. The van der Waals surface area contributed by atoms with Gasteiger partial charge in [-0.2, -0.15) is 0 Å². The molecule has 8 nitrogen and oxygen atoms in total. The van der Waals surface area contributed by atoms with Gasteiger partial charge in [-0.25, -0.2) is 4.79 Å². The molecule has 2 saturated heterocycles. The second-order valence-corrected chi connectivity index (χ2v) is 7.31. The molecule has 0 saturated carbocycles. The van der Waals surface area contributed by atoms with Crippen LogP contribution >= 0.6 is 0 Å². The molecule has 2 heterocycles. The number of amides is 3. The van der Waals surface area contributed by atoms with Gasteiger partial charge in [0.1, 0.15) is 12.4 Å². The van der Waals surface area contributed by atoms with E-state index in [1.807, 2.05) is 17.0 Å². The molecule has 2 aliphatic heterocycles. The normalized spacial score (nSPS) is 19.3. The van der Waals surface area contributed by atoms with Crippen LogP contribution in [-0.2, 0) is 9.47 Å². The number of nitrogens with zero attached hydrogens (tertiary/aromatic N) is 2. The van der Waals surface area contributed by atoms with Gasteiger partial charge >= 0.3 is 6.03 Å². The van der Waals surface area contributed by atoms with Crippen LogP contribution in [-0.4, -0.2) is 87.5 Å². The number of methoxy groups -OCH3 is 1. The van der Waals surface area contributed by atoms with Gasteiger partial charge in [0.25, 0.3) is 5.91 Å². The molecule has 8 heteroatoms. The fourth-order valence-electron chi connectivity index (χ4n) is 3.62. The zero-order valence-electron chi connectivity index (χ0n) is 17.1. The molecule has 0 aliphatic carbocycles. The molecule has 0 spiro atoms. The Labute approximate surface area is 172 Å². The molecule has 1 aromatic rings. The first kappa shape index (κ1) is 21.4. The number of rotatable bonds is 8. The van der Waals surface area contributed by atoms with Crippen molar-refractivity contribution in [3.8, 4) is 5.75 Å². The summed E-state index contributed by atoms with van der Waals surface area (Å²) in [6.07, 6.45) is 2.71. The topological polar surface area (TPSA) is 80.3 Å². The van der Waals surface area contributed by atoms with Crippen molar-refractivity contribution in [3.63, 3.8) is 0 Å². The summed E-state index contributed by atoms with van der Waals surface area (Å²) in [5, 5.41) is 2.94. The van der Waals surface area contributed by atoms with Crippen LogP contribution in [0.1, 0.15) is 29.6 Å². The smallest absolute Gasteiger partial charge is 0.317 e. The molecule has 3 rings (SSSR count). The molecule has 2 fully saturated rings. The summed E-state index contributed by atoms with van der Waals surface area (Å²) in [5.74, 6) is 0.725. The molecule has 1 N–H and O–H groups in total. The van der Waals surface area contributed by atoms with Crippen LogP contribution in [0.25, 0.3) is 0 Å². The second kappa shape index (κ2) is 11.0. The molecule has 3 amide bonds. The van der Waals surface area contributed by atoms with Gasteiger partial charge in [-0.15, -0.1) is 0 Å². The fourth-order valence-corrected chi connectivity index (χ4v) is 3.62. The Kier molecular flexibility index (Phi) is 8.13. The number of urea groups is 1. The van der Waals surface area contributed by atoms with Gasteiger partial charge in [0.15, 0.2) is 0 Å². The van der Waals surface area contributed by atoms with Crippen molar-refractivity contribution in [2.45, 2.75) is 25.3 Å². The maximum absolute atomic E-state index is 12.5. The lowest BCUT2D eigenvalue weighted by Gasteiger charge is -2.27. The lowest BCUT2D eigenvalue weighted by molar-refractivity contribution is 0.0303. The number of hydrogen-bond acceptors (Lipinski definition) is 5. The van der Waals surface area contributed by atoms with Gasteiger partial charge in [0.05, 0.1) is 19.3 Å². The van der Waals surface area contributed by atoms with E-state index in [2.05, 4.69) is 5.32 Å². The summed E-state index contributed by atoms with van der Waals surface area (Å²) in [4.78, 5) is 28.5. The lowest BCUT2D eigenvalue weighted by atomic mass is 10.2. The highest BCUT2D eigenvalue weighted by atomic mass is 16.5. The van der Waals surface area contributed by atoms with E-state index in [0.717, 1.165) is 25.8 Å². The highest BCUT2D eigenvalue weighted by Crippen LogP contribution is 2.20. The van der Waals surface area contributed by atoms with Crippen LogP contribution < -0.4 is 10.1 Å². The summed E-state index contributed by atoms with van der Waals surface area (Å²) in [7, 11) is 1.65. The van der Waals surface area contributed by atoms with Crippen LogP contribution in [0, 0.1) is 0 Å². The Balaban J connectivity index is 1.46. The Bertz CT molecular complexity index is 661. The molecular weight excluding hydrogens is 374 g/mol. The number of morpholine rings is 1. The fraction of sp³-hybridized carbons (Fsp3) is 0.619. The van der Waals surface area contributed by atoms with E-state index in [-0.39, 0.29) is 18.0 Å². The minimum atomic E-state index is -0.0429. The van der Waals surface area contributed by atoms with E-state index in [9.17, 15) is 9.59 Å². The maximum atomic E-state index is 12.5. The van der Waals surface area contributed by atoms with Gasteiger partial charge in [-0.3, -0.25) is 4.79 Å². The Morgan fingerprint density at radius 1 is 1.17 bits per heavy atom. The first-order valence-corrected chi connectivity index (χ1v) is 10.3. The quantitative estimate of drug-likeness (QED) is 0.667. The third kappa shape index (κ3) is 6.08. The summed E-state index contributed by atoms with van der Waals surface area (Å²) in [6.45, 7) is 4.87. The van der Waals surface area contributed by atoms with Crippen molar-refractivity contribution in [1.29, 1.82) is 0 Å². The standard InChI is InChI=1S/C21H31N3O5/c1-27-13-3-9-22-21(26)24-10-2-4-18(24)16-29-19-7-5-17(6-8-19)20(25)23-11-14-28-15-12-23/h5-8,18H,2-4,9-16H2,1H3,(H,22,26). The first-order chi connectivity index (χ1) is 14.2. The maximum Gasteiger partial charge on any atom is 0.317 e. The van der Waals surface area contributed by atoms with Crippen LogP contribution in [0.2, 0.25) is 0 Å². The van der Waals surface area contributed by atoms with Gasteiger partial charge < -0.3 is 29.3 Å². The Morgan fingerprint density at radius 3 is 2.66 bits per heavy atom. The number of carbonyl (C=O) groups excluding carboxylic acids is 2. The van der Waals surface area contributed by atoms with Crippen LogP contribution in [0.5, 0.6) is 5.75 Å². The Morgan fingerprint density at radius 2 is 1.93 bits per heavy atom. The van der Waals surface area contributed by atoms with Crippen molar-refractivity contribution in [3.05, 3.63) is 29.8 Å². The van der Waals surface area contributed by atoms with E-state index >= 15 is 0 Å². The van der Waals surface area contributed by atoms with Crippen LogP contribution in [0.3, 0.4) is 0 Å². The number of benzene rings is 1. The summed E-state index contributed by atoms with van der Waals surface area (Å²) in [5.41, 5.74) is 0.650. The van der Waals surface area contributed by atoms with E-state index in [0.29, 0.717) is 57.4 Å². The highest BCUT2D eigenvalue weighted by Gasteiger charge is 2.29. The number of nitrogens with one attached hydrogen (secondary N) is 1. The number of hydrogen-bond donors (Lipinski definition) is 1. The van der Waals surface area contributed by atoms with E-state index in [4.69, 9.17) is 14.2 Å². The minimum Gasteiger partial charge on any atom is -0.491 e. The zero-order chi connectivity index (χ0) is 20.5. The van der Waals surface area contributed by atoms with Crippen molar-refractivity contribution in [1.82, 2.24) is 15.1 Å². The van der Waals surface area contributed by atoms with E-state index < -0.39 is 0 Å². The van der Waals surface area contributed by atoms with Crippen LogP contribution in [0.4, 0.5) is 4.79 Å². The predicted octanol–water partition coefficient (Wildman–Crippen LogP) is 1.75. The van der Waals surface area contributed by atoms with Gasteiger partial charge in [-0.1, -0.05) is 0 Å². The number of carbonyl (C=O) groups is 2. The zero-order valence-corrected chi connectivity index (χ0v) is 17.1. The van der Waals surface area contributed by atoms with E-state index in [1.54, 1.807) is 24.1 Å². The van der Waals surface area contributed by atoms with E-state index in [1.165, 1.54) is 0 Å². The first-order valence-electron chi connectivity index (χ1n) is 10.3. The molecule has 0 bridgehead atoms. The largest absolute Gasteiger partial charge is 0.491 e. The summed E-state index contributed by atoms with van der Waals surface area (Å²) in [6, 6.07) is 7.24. The monoisotopic (exact) mass is 405 g/mol. The molecule has 2 aliphatic rings. The van der Waals surface area contributed by atoms with Gasteiger partial charge in [0.2, 0.25) is 0 Å². The number of ether oxygens (including phenoxy) is 3. The van der Waals surface area contributed by atoms with Gasteiger partial charge in [0, 0.05) is 45.5 Å². The highest BCUT2D eigenvalue weighted by molar-refractivity contribution is 5.94. The number of likely N-dealkylation sites (tertiary alicyclic amines) is 1. The minimum absolute atomic E-state index is 0.0203. The molecule has 1 unspecified atom stereocenters. The SMILES string of the molecule is COCCCNC(=O)N1CCCC1COc1ccc(C(=O)N2CCOCC2)cc1. The third-order valence-corrected chi connectivity index (χ3v) is 5.28. The molecule has 1 aromatic carbocycles. The lowest BCUT2D eigenvalue weighted by Crippen LogP contribution is -2.45. The van der Waals surface area contributed by atoms with Crippen molar-refractivity contribution in [2.24, 2.45) is 0 Å². The average Bonchev–Trinajstić information content (AvgIpc) is 3.24.